The van der Waals surface area contributed by atoms with Gasteiger partial charge in [-0.1, -0.05) is 6.07 Å². The van der Waals surface area contributed by atoms with E-state index in [0.29, 0.717) is 37.4 Å². The van der Waals surface area contributed by atoms with Crippen LogP contribution in [0.3, 0.4) is 0 Å². The number of thiophene rings is 1. The zero-order valence-corrected chi connectivity index (χ0v) is 14.4. The van der Waals surface area contributed by atoms with Crippen LogP contribution in [0, 0.1) is 5.92 Å². The smallest absolute Gasteiger partial charge is 0.231 e. The summed E-state index contributed by atoms with van der Waals surface area (Å²) < 4.78 is 10.7. The molecule has 1 atom stereocenters. The normalized spacial score (nSPS) is 18.6. The first-order chi connectivity index (χ1) is 12.2. The van der Waals surface area contributed by atoms with E-state index in [1.165, 1.54) is 0 Å². The van der Waals surface area contributed by atoms with Crippen LogP contribution in [0.1, 0.15) is 11.3 Å². The maximum Gasteiger partial charge on any atom is 0.231 e. The third kappa shape index (κ3) is 3.46. The van der Waals surface area contributed by atoms with Crippen LogP contribution in [0.25, 0.3) is 0 Å². The van der Waals surface area contributed by atoms with E-state index in [4.69, 9.17) is 9.47 Å². The summed E-state index contributed by atoms with van der Waals surface area (Å²) in [6.07, 6.45) is 0.831. The topological polar surface area (TPSA) is 67.9 Å². The maximum absolute atomic E-state index is 12.3. The van der Waals surface area contributed by atoms with Crippen LogP contribution < -0.4 is 19.7 Å². The van der Waals surface area contributed by atoms with Crippen molar-refractivity contribution in [3.05, 3.63) is 40.6 Å². The van der Waals surface area contributed by atoms with Crippen molar-refractivity contribution in [2.75, 3.05) is 24.8 Å². The number of hydrogen-bond acceptors (Lipinski definition) is 5. The average molecular weight is 358 g/mol. The summed E-state index contributed by atoms with van der Waals surface area (Å²) in [5.41, 5.74) is 0.807. The number of nitrogens with zero attached hydrogens (tertiary/aromatic N) is 1. The van der Waals surface area contributed by atoms with E-state index in [-0.39, 0.29) is 24.5 Å². The van der Waals surface area contributed by atoms with Gasteiger partial charge >= 0.3 is 0 Å². The van der Waals surface area contributed by atoms with E-state index in [1.807, 2.05) is 35.7 Å². The number of nitrogens with one attached hydrogen (secondary N) is 1. The highest BCUT2D eigenvalue weighted by molar-refractivity contribution is 7.10. The predicted molar refractivity (Wildman–Crippen MR) is 94.1 cm³/mol. The Morgan fingerprint density at radius 1 is 1.28 bits per heavy atom. The molecule has 6 nitrogen and oxygen atoms in total. The SMILES string of the molecule is O=C(Cc1cccs1)NCC1CC(=O)N(c2ccc3c(c2)OCO3)C1. The lowest BCUT2D eigenvalue weighted by Gasteiger charge is -2.17. The molecule has 0 spiro atoms. The molecule has 1 aromatic heterocycles. The highest BCUT2D eigenvalue weighted by Gasteiger charge is 2.31. The fraction of sp³-hybridized carbons (Fsp3) is 0.333. The Morgan fingerprint density at radius 3 is 3.00 bits per heavy atom. The first kappa shape index (κ1) is 16.0. The van der Waals surface area contributed by atoms with Crippen molar-refractivity contribution in [2.24, 2.45) is 5.92 Å². The number of amides is 2. The molecule has 3 heterocycles. The summed E-state index contributed by atoms with van der Waals surface area (Å²) in [4.78, 5) is 27.1. The van der Waals surface area contributed by atoms with Crippen molar-refractivity contribution in [3.63, 3.8) is 0 Å². The zero-order chi connectivity index (χ0) is 17.2. The Labute approximate surface area is 149 Å². The van der Waals surface area contributed by atoms with Crippen molar-refractivity contribution < 1.29 is 19.1 Å². The van der Waals surface area contributed by atoms with E-state index >= 15 is 0 Å². The second kappa shape index (κ2) is 6.76. The molecule has 0 radical (unpaired) electrons. The summed E-state index contributed by atoms with van der Waals surface area (Å²) in [7, 11) is 0. The number of carbonyl (C=O) groups is 2. The first-order valence-corrected chi connectivity index (χ1v) is 9.06. The van der Waals surface area contributed by atoms with Crippen molar-refractivity contribution in [3.8, 4) is 11.5 Å². The fourth-order valence-corrected chi connectivity index (χ4v) is 3.82. The molecule has 1 unspecified atom stereocenters. The van der Waals surface area contributed by atoms with Gasteiger partial charge in [-0.2, -0.15) is 0 Å². The molecular weight excluding hydrogens is 340 g/mol. The molecule has 2 amide bonds. The van der Waals surface area contributed by atoms with Gasteiger partial charge < -0.3 is 19.7 Å². The van der Waals surface area contributed by atoms with Crippen LogP contribution in [-0.2, 0) is 16.0 Å². The van der Waals surface area contributed by atoms with E-state index in [2.05, 4.69) is 5.32 Å². The molecule has 1 N–H and O–H groups in total. The van der Waals surface area contributed by atoms with Crippen LogP contribution in [0.2, 0.25) is 0 Å². The third-order valence-corrected chi connectivity index (χ3v) is 5.25. The van der Waals surface area contributed by atoms with Gasteiger partial charge in [0.15, 0.2) is 11.5 Å². The number of fused-ring (bicyclic) bond motifs is 1. The first-order valence-electron chi connectivity index (χ1n) is 8.18. The van der Waals surface area contributed by atoms with E-state index < -0.39 is 0 Å². The number of rotatable bonds is 5. The number of carbonyl (C=O) groups excluding carboxylic acids is 2. The molecule has 2 aliphatic heterocycles. The Kier molecular flexibility index (Phi) is 4.31. The molecule has 0 bridgehead atoms. The fourth-order valence-electron chi connectivity index (χ4n) is 3.11. The number of hydrogen-bond donors (Lipinski definition) is 1. The van der Waals surface area contributed by atoms with Gasteiger partial charge in [-0.15, -0.1) is 11.3 Å². The van der Waals surface area contributed by atoms with Gasteiger partial charge in [-0.3, -0.25) is 9.59 Å². The lowest BCUT2D eigenvalue weighted by Crippen LogP contribution is -2.32. The largest absolute Gasteiger partial charge is 0.454 e. The van der Waals surface area contributed by atoms with Crippen LogP contribution >= 0.6 is 11.3 Å². The molecular formula is C18H18N2O4S. The lowest BCUT2D eigenvalue weighted by atomic mass is 10.1. The Balaban J connectivity index is 1.33. The van der Waals surface area contributed by atoms with Gasteiger partial charge in [-0.05, 0) is 23.6 Å². The Hall–Kier alpha value is -2.54. The third-order valence-electron chi connectivity index (χ3n) is 4.38. The van der Waals surface area contributed by atoms with Gasteiger partial charge in [-0.25, -0.2) is 0 Å². The summed E-state index contributed by atoms with van der Waals surface area (Å²) in [5, 5.41) is 4.90. The second-order valence-electron chi connectivity index (χ2n) is 6.17. The monoisotopic (exact) mass is 358 g/mol. The molecule has 1 aromatic carbocycles. The van der Waals surface area contributed by atoms with Gasteiger partial charge in [0.05, 0.1) is 6.42 Å². The summed E-state index contributed by atoms with van der Waals surface area (Å²) in [6.45, 7) is 1.32. The maximum atomic E-state index is 12.3. The summed E-state index contributed by atoms with van der Waals surface area (Å²) in [6, 6.07) is 9.40. The minimum atomic E-state index is -0.00331. The van der Waals surface area contributed by atoms with Gasteiger partial charge in [0.25, 0.3) is 0 Å². The molecule has 2 aromatic rings. The highest BCUT2D eigenvalue weighted by atomic mass is 32.1. The Morgan fingerprint density at radius 2 is 2.16 bits per heavy atom. The summed E-state index contributed by atoms with van der Waals surface area (Å²) in [5.74, 6) is 1.55. The predicted octanol–water partition coefficient (Wildman–Crippen LogP) is 2.19. The summed E-state index contributed by atoms with van der Waals surface area (Å²) >= 11 is 1.57. The van der Waals surface area contributed by atoms with Gasteiger partial charge in [0.2, 0.25) is 18.6 Å². The van der Waals surface area contributed by atoms with Crippen molar-refractivity contribution >= 4 is 28.8 Å². The number of ether oxygens (including phenoxy) is 2. The quantitative estimate of drug-likeness (QED) is 0.890. The van der Waals surface area contributed by atoms with E-state index in [0.717, 1.165) is 10.6 Å². The molecule has 7 heteroatoms. The van der Waals surface area contributed by atoms with Crippen LogP contribution in [0.15, 0.2) is 35.7 Å². The van der Waals surface area contributed by atoms with E-state index in [9.17, 15) is 9.59 Å². The zero-order valence-electron chi connectivity index (χ0n) is 13.6. The van der Waals surface area contributed by atoms with Gasteiger partial charge in [0.1, 0.15) is 0 Å². The van der Waals surface area contributed by atoms with Crippen molar-refractivity contribution in [2.45, 2.75) is 12.8 Å². The second-order valence-corrected chi connectivity index (χ2v) is 7.20. The average Bonchev–Trinajstić information content (AvgIpc) is 3.33. The molecule has 0 aliphatic carbocycles. The molecule has 4 rings (SSSR count). The van der Waals surface area contributed by atoms with Crippen molar-refractivity contribution in [1.29, 1.82) is 0 Å². The van der Waals surface area contributed by atoms with Crippen LogP contribution in [0.4, 0.5) is 5.69 Å². The number of benzene rings is 1. The minimum Gasteiger partial charge on any atom is -0.454 e. The Bertz CT molecular complexity index is 790. The minimum absolute atomic E-state index is 0.00331. The standard InChI is InChI=1S/C18H18N2O4S/c21-17(8-14-2-1-5-25-14)19-9-12-6-18(22)20(10-12)13-3-4-15-16(7-13)24-11-23-15/h1-5,7,12H,6,8-11H2,(H,19,21). The highest BCUT2D eigenvalue weighted by Crippen LogP contribution is 2.37. The molecule has 0 saturated carbocycles. The lowest BCUT2D eigenvalue weighted by molar-refractivity contribution is -0.121. The molecule has 2 aliphatic rings. The van der Waals surface area contributed by atoms with Crippen molar-refractivity contribution in [1.82, 2.24) is 5.32 Å². The molecule has 1 saturated heterocycles. The van der Waals surface area contributed by atoms with Crippen LogP contribution in [0.5, 0.6) is 11.5 Å². The molecule has 130 valence electrons. The van der Waals surface area contributed by atoms with Crippen LogP contribution in [-0.4, -0.2) is 31.7 Å². The van der Waals surface area contributed by atoms with E-state index in [1.54, 1.807) is 16.2 Å². The van der Waals surface area contributed by atoms with Gasteiger partial charge in [0, 0.05) is 42.1 Å². The molecule has 1 fully saturated rings. The number of anilines is 1. The molecule has 25 heavy (non-hydrogen) atoms.